The third kappa shape index (κ3) is 5.05. The van der Waals surface area contributed by atoms with Gasteiger partial charge in [0.05, 0.1) is 19.8 Å². The standard InChI is InChI=1S/C23H28N2O6S/c1-6-30-19-9-7-8-16-12-20(31-22(16)19)15(4)24-23(26)17-10-11-18(29-5)21(13-17)32(27,28)25-14(2)3/h7-15,25H,6H2,1-5H3,(H,24,26). The summed E-state index contributed by atoms with van der Waals surface area (Å²) in [6.07, 6.45) is 0. The predicted octanol–water partition coefficient (Wildman–Crippen LogP) is 4.02. The first kappa shape index (κ1) is 23.6. The van der Waals surface area contributed by atoms with Gasteiger partial charge in [-0.15, -0.1) is 0 Å². The summed E-state index contributed by atoms with van der Waals surface area (Å²) < 4.78 is 44.6. The Kier molecular flexibility index (Phi) is 7.10. The van der Waals surface area contributed by atoms with E-state index in [1.54, 1.807) is 20.8 Å². The van der Waals surface area contributed by atoms with E-state index in [1.807, 2.05) is 31.2 Å². The summed E-state index contributed by atoms with van der Waals surface area (Å²) >= 11 is 0. The molecule has 1 aromatic heterocycles. The molecule has 0 bridgehead atoms. The second kappa shape index (κ2) is 9.62. The van der Waals surface area contributed by atoms with E-state index in [0.717, 1.165) is 5.39 Å². The summed E-state index contributed by atoms with van der Waals surface area (Å²) in [4.78, 5) is 12.8. The van der Waals surface area contributed by atoms with Gasteiger partial charge >= 0.3 is 0 Å². The van der Waals surface area contributed by atoms with Crippen LogP contribution in [0.5, 0.6) is 11.5 Å². The van der Waals surface area contributed by atoms with Crippen molar-refractivity contribution in [2.75, 3.05) is 13.7 Å². The summed E-state index contributed by atoms with van der Waals surface area (Å²) in [5, 5.41) is 3.72. The third-order valence-corrected chi connectivity index (χ3v) is 6.39. The van der Waals surface area contributed by atoms with Gasteiger partial charge < -0.3 is 19.2 Å². The van der Waals surface area contributed by atoms with Crippen molar-refractivity contribution in [1.82, 2.24) is 10.0 Å². The number of fused-ring (bicyclic) bond motifs is 1. The van der Waals surface area contributed by atoms with E-state index < -0.39 is 22.0 Å². The second-order valence-electron chi connectivity index (χ2n) is 7.59. The van der Waals surface area contributed by atoms with E-state index in [0.29, 0.717) is 23.7 Å². The average molecular weight is 461 g/mol. The monoisotopic (exact) mass is 460 g/mol. The van der Waals surface area contributed by atoms with Crippen LogP contribution in [0.3, 0.4) is 0 Å². The quantitative estimate of drug-likeness (QED) is 0.500. The Morgan fingerprint density at radius 1 is 1.09 bits per heavy atom. The number of furan rings is 1. The van der Waals surface area contributed by atoms with Crippen LogP contribution in [0.4, 0.5) is 0 Å². The van der Waals surface area contributed by atoms with Crippen molar-refractivity contribution in [3.63, 3.8) is 0 Å². The fraction of sp³-hybridized carbons (Fsp3) is 0.348. The topological polar surface area (TPSA) is 107 Å². The molecular formula is C23H28N2O6S. The summed E-state index contributed by atoms with van der Waals surface area (Å²) in [7, 11) is -2.48. The molecule has 1 heterocycles. The van der Waals surface area contributed by atoms with Crippen molar-refractivity contribution in [1.29, 1.82) is 0 Å². The zero-order valence-electron chi connectivity index (χ0n) is 18.8. The molecule has 0 aliphatic carbocycles. The molecule has 8 nitrogen and oxygen atoms in total. The van der Waals surface area contributed by atoms with E-state index in [9.17, 15) is 13.2 Å². The first-order valence-corrected chi connectivity index (χ1v) is 11.8. The Morgan fingerprint density at radius 2 is 1.84 bits per heavy atom. The Balaban J connectivity index is 1.86. The number of ether oxygens (including phenoxy) is 2. The number of carbonyl (C=O) groups excluding carboxylic acids is 1. The van der Waals surface area contributed by atoms with E-state index in [1.165, 1.54) is 25.3 Å². The molecule has 0 saturated carbocycles. The highest BCUT2D eigenvalue weighted by Crippen LogP contribution is 2.31. The van der Waals surface area contributed by atoms with Crippen molar-refractivity contribution in [2.24, 2.45) is 0 Å². The lowest BCUT2D eigenvalue weighted by Gasteiger charge is -2.15. The minimum Gasteiger partial charge on any atom is -0.495 e. The van der Waals surface area contributed by atoms with Crippen LogP contribution in [-0.4, -0.2) is 34.1 Å². The normalized spacial score (nSPS) is 12.7. The lowest BCUT2D eigenvalue weighted by Crippen LogP contribution is -2.31. The van der Waals surface area contributed by atoms with Crippen LogP contribution in [0.1, 0.15) is 49.9 Å². The van der Waals surface area contributed by atoms with E-state index in [2.05, 4.69) is 10.0 Å². The van der Waals surface area contributed by atoms with Crippen molar-refractivity contribution in [2.45, 2.75) is 44.7 Å². The largest absolute Gasteiger partial charge is 0.495 e. The van der Waals surface area contributed by atoms with E-state index in [4.69, 9.17) is 13.9 Å². The highest BCUT2D eigenvalue weighted by atomic mass is 32.2. The van der Waals surface area contributed by atoms with Crippen LogP contribution >= 0.6 is 0 Å². The summed E-state index contributed by atoms with van der Waals surface area (Å²) in [5.41, 5.74) is 0.802. The SMILES string of the molecule is CCOc1cccc2cc(C(C)NC(=O)c3ccc(OC)c(S(=O)(=O)NC(C)C)c3)oc12. The number of rotatable bonds is 9. The fourth-order valence-electron chi connectivity index (χ4n) is 3.29. The van der Waals surface area contributed by atoms with Crippen molar-refractivity contribution < 1.29 is 27.1 Å². The van der Waals surface area contributed by atoms with Gasteiger partial charge in [0.1, 0.15) is 16.4 Å². The number of para-hydroxylation sites is 1. The number of sulfonamides is 1. The van der Waals surface area contributed by atoms with Gasteiger partial charge in [-0.05, 0) is 58.0 Å². The Bertz CT molecular complexity index is 1220. The molecular weight excluding hydrogens is 432 g/mol. The van der Waals surface area contributed by atoms with Crippen LogP contribution < -0.4 is 19.5 Å². The Morgan fingerprint density at radius 3 is 2.50 bits per heavy atom. The minimum absolute atomic E-state index is 0.0981. The molecule has 1 atom stereocenters. The van der Waals surface area contributed by atoms with E-state index >= 15 is 0 Å². The lowest BCUT2D eigenvalue weighted by molar-refractivity contribution is 0.0935. The Labute approximate surface area is 187 Å². The van der Waals surface area contributed by atoms with Gasteiger partial charge in [-0.25, -0.2) is 13.1 Å². The molecule has 3 rings (SSSR count). The van der Waals surface area contributed by atoms with Crippen molar-refractivity contribution >= 4 is 26.9 Å². The summed E-state index contributed by atoms with van der Waals surface area (Å²) in [6, 6.07) is 11.0. The molecule has 0 aliphatic heterocycles. The molecule has 32 heavy (non-hydrogen) atoms. The minimum atomic E-state index is -3.85. The van der Waals surface area contributed by atoms with Gasteiger partial charge in [0.25, 0.3) is 5.91 Å². The Hall–Kier alpha value is -3.04. The van der Waals surface area contributed by atoms with Gasteiger partial charge in [-0.3, -0.25) is 4.79 Å². The third-order valence-electron chi connectivity index (χ3n) is 4.71. The highest BCUT2D eigenvalue weighted by molar-refractivity contribution is 7.89. The number of hydrogen-bond donors (Lipinski definition) is 2. The molecule has 2 N–H and O–H groups in total. The maximum Gasteiger partial charge on any atom is 0.251 e. The molecule has 0 spiro atoms. The molecule has 0 saturated heterocycles. The molecule has 0 radical (unpaired) electrons. The predicted molar refractivity (Wildman–Crippen MR) is 122 cm³/mol. The van der Waals surface area contributed by atoms with Crippen LogP contribution in [0.15, 0.2) is 51.8 Å². The highest BCUT2D eigenvalue weighted by Gasteiger charge is 2.23. The first-order chi connectivity index (χ1) is 15.2. The molecule has 2 aromatic carbocycles. The van der Waals surface area contributed by atoms with Crippen molar-refractivity contribution in [3.8, 4) is 11.5 Å². The van der Waals surface area contributed by atoms with Crippen LogP contribution in [0.2, 0.25) is 0 Å². The molecule has 172 valence electrons. The number of methoxy groups -OCH3 is 1. The zero-order chi connectivity index (χ0) is 23.5. The maximum atomic E-state index is 12.9. The van der Waals surface area contributed by atoms with Gasteiger partial charge in [-0.1, -0.05) is 12.1 Å². The number of carbonyl (C=O) groups is 1. The maximum absolute atomic E-state index is 12.9. The number of hydrogen-bond acceptors (Lipinski definition) is 6. The smallest absolute Gasteiger partial charge is 0.251 e. The molecule has 1 amide bonds. The van der Waals surface area contributed by atoms with Gasteiger partial charge in [0.2, 0.25) is 10.0 Å². The van der Waals surface area contributed by atoms with Gasteiger partial charge in [0.15, 0.2) is 11.3 Å². The van der Waals surface area contributed by atoms with Crippen molar-refractivity contribution in [3.05, 3.63) is 53.8 Å². The molecule has 0 fully saturated rings. The zero-order valence-corrected chi connectivity index (χ0v) is 19.6. The fourth-order valence-corrected chi connectivity index (χ4v) is 4.74. The van der Waals surface area contributed by atoms with Gasteiger partial charge in [-0.2, -0.15) is 0 Å². The first-order valence-electron chi connectivity index (χ1n) is 10.3. The van der Waals surface area contributed by atoms with Crippen LogP contribution in [0.25, 0.3) is 11.0 Å². The molecule has 0 aliphatic rings. The number of nitrogens with one attached hydrogen (secondary N) is 2. The summed E-state index contributed by atoms with van der Waals surface area (Å²) in [6.45, 7) is 7.62. The molecule has 9 heteroatoms. The van der Waals surface area contributed by atoms with Crippen LogP contribution in [-0.2, 0) is 10.0 Å². The van der Waals surface area contributed by atoms with E-state index in [-0.39, 0.29) is 22.3 Å². The molecule has 3 aromatic rings. The van der Waals surface area contributed by atoms with Crippen LogP contribution in [0, 0.1) is 0 Å². The lowest BCUT2D eigenvalue weighted by atomic mass is 10.1. The summed E-state index contributed by atoms with van der Waals surface area (Å²) in [5.74, 6) is 0.913. The molecule has 1 unspecified atom stereocenters. The number of amides is 1. The average Bonchev–Trinajstić information content (AvgIpc) is 3.18. The number of benzene rings is 2. The second-order valence-corrected chi connectivity index (χ2v) is 9.28. The van der Waals surface area contributed by atoms with Gasteiger partial charge in [0, 0.05) is 17.0 Å².